The van der Waals surface area contributed by atoms with Crippen molar-refractivity contribution in [2.24, 2.45) is 0 Å². The van der Waals surface area contributed by atoms with Gasteiger partial charge in [-0.15, -0.1) is 0 Å². The summed E-state index contributed by atoms with van der Waals surface area (Å²) in [5.41, 5.74) is 1.55. The first-order valence-electron chi connectivity index (χ1n) is 8.21. The number of aliphatic carboxylic acids is 1. The number of nitrogens with one attached hydrogen (secondary N) is 2. The number of halogens is 1. The molecular formula is C19H16ClN2O5S-. The van der Waals surface area contributed by atoms with E-state index in [2.05, 4.69) is 9.71 Å². The van der Waals surface area contributed by atoms with Crippen LogP contribution in [0.5, 0.6) is 0 Å². The van der Waals surface area contributed by atoms with Gasteiger partial charge in [-0.1, -0.05) is 24.6 Å². The molecule has 1 heterocycles. The monoisotopic (exact) mass is 419 g/mol. The third kappa shape index (κ3) is 4.02. The zero-order chi connectivity index (χ0) is 20.6. The summed E-state index contributed by atoms with van der Waals surface area (Å²) in [4.78, 5) is 27.5. The molecule has 3 rings (SSSR count). The molecule has 0 aliphatic carbocycles. The lowest BCUT2D eigenvalue weighted by Crippen LogP contribution is -2.28. The maximum Gasteiger partial charge on any atom is 0.229 e. The molecule has 1 aromatic heterocycles. The number of hydrogen-bond acceptors (Lipinski definition) is 5. The highest BCUT2D eigenvalue weighted by Crippen LogP contribution is 2.32. The Morgan fingerprint density at radius 2 is 1.79 bits per heavy atom. The summed E-state index contributed by atoms with van der Waals surface area (Å²) in [7, 11) is -3.44. The Morgan fingerprint density at radius 3 is 2.36 bits per heavy atom. The van der Waals surface area contributed by atoms with Gasteiger partial charge in [0.2, 0.25) is 15.8 Å². The first-order valence-corrected chi connectivity index (χ1v) is 10.5. The molecule has 2 N–H and O–H groups in total. The number of carbonyl (C=O) groups excluding carboxylic acids is 2. The van der Waals surface area contributed by atoms with Crippen molar-refractivity contribution in [3.63, 3.8) is 0 Å². The van der Waals surface area contributed by atoms with E-state index in [9.17, 15) is 23.1 Å². The second-order valence-corrected chi connectivity index (χ2v) is 8.61. The van der Waals surface area contributed by atoms with E-state index in [-0.39, 0.29) is 11.3 Å². The smallest absolute Gasteiger partial charge is 0.229 e. The average Bonchev–Trinajstić information content (AvgIpc) is 2.97. The number of H-pyrrole nitrogens is 1. The third-order valence-corrected chi connectivity index (χ3v) is 5.11. The lowest BCUT2D eigenvalue weighted by atomic mass is 9.94. The fourth-order valence-electron chi connectivity index (χ4n) is 2.99. The van der Waals surface area contributed by atoms with Crippen LogP contribution in [0.4, 0.5) is 5.69 Å². The van der Waals surface area contributed by atoms with Crippen LogP contribution in [0.2, 0.25) is 5.02 Å². The van der Waals surface area contributed by atoms with Gasteiger partial charge in [0.15, 0.2) is 0 Å². The lowest BCUT2D eigenvalue weighted by Gasteiger charge is -2.14. The molecule has 2 aromatic carbocycles. The van der Waals surface area contributed by atoms with Gasteiger partial charge in [0.1, 0.15) is 0 Å². The Hall–Kier alpha value is -2.84. The normalized spacial score (nSPS) is 12.7. The number of carboxylic acid groups (broad SMARTS) is 1. The summed E-state index contributed by atoms with van der Waals surface area (Å²) >= 11 is 6.00. The van der Waals surface area contributed by atoms with Crippen LogP contribution in [0.1, 0.15) is 34.5 Å². The first kappa shape index (κ1) is 19.9. The summed E-state index contributed by atoms with van der Waals surface area (Å²) in [6.45, 7) is 1.45. The quantitative estimate of drug-likeness (QED) is 0.594. The van der Waals surface area contributed by atoms with Crippen molar-refractivity contribution < 1.29 is 23.1 Å². The van der Waals surface area contributed by atoms with Crippen LogP contribution in [0.3, 0.4) is 0 Å². The molecule has 0 amide bonds. The molecule has 9 heteroatoms. The molecule has 0 aliphatic heterocycles. The molecule has 28 heavy (non-hydrogen) atoms. The SMILES string of the molecule is CC(C(=O)[O-])c1c(C(=O)c2ccc(NS(C)(=O)=O)cc2)[nH]c2cc(Cl)ccc12. The summed E-state index contributed by atoms with van der Waals surface area (Å²) in [6.07, 6.45) is 1.02. The molecule has 0 fully saturated rings. The molecule has 3 aromatic rings. The van der Waals surface area contributed by atoms with Gasteiger partial charge >= 0.3 is 0 Å². The van der Waals surface area contributed by atoms with E-state index in [0.29, 0.717) is 27.2 Å². The largest absolute Gasteiger partial charge is 0.550 e. The summed E-state index contributed by atoms with van der Waals surface area (Å²) in [6, 6.07) is 10.7. The summed E-state index contributed by atoms with van der Waals surface area (Å²) < 4.78 is 24.9. The van der Waals surface area contributed by atoms with Gasteiger partial charge in [-0.3, -0.25) is 9.52 Å². The Labute approximate surface area is 166 Å². The highest BCUT2D eigenvalue weighted by atomic mass is 35.5. The van der Waals surface area contributed by atoms with E-state index < -0.39 is 27.7 Å². The molecule has 0 radical (unpaired) electrons. The zero-order valence-corrected chi connectivity index (χ0v) is 16.5. The molecule has 7 nitrogen and oxygen atoms in total. The fourth-order valence-corrected chi connectivity index (χ4v) is 3.72. The zero-order valence-electron chi connectivity index (χ0n) is 14.9. The molecule has 0 saturated heterocycles. The number of aromatic nitrogens is 1. The Bertz CT molecular complexity index is 1180. The van der Waals surface area contributed by atoms with Crippen molar-refractivity contribution in [1.82, 2.24) is 4.98 Å². The van der Waals surface area contributed by atoms with E-state index in [1.54, 1.807) is 18.2 Å². The number of aromatic amines is 1. The lowest BCUT2D eigenvalue weighted by molar-refractivity contribution is -0.307. The third-order valence-electron chi connectivity index (χ3n) is 4.26. The summed E-state index contributed by atoms with van der Waals surface area (Å²) in [5, 5.41) is 12.5. The van der Waals surface area contributed by atoms with E-state index in [4.69, 9.17) is 11.6 Å². The van der Waals surface area contributed by atoms with Gasteiger partial charge in [-0.25, -0.2) is 8.42 Å². The molecule has 0 bridgehead atoms. The van der Waals surface area contributed by atoms with Gasteiger partial charge in [-0.05, 0) is 42.0 Å². The standard InChI is InChI=1S/C19H17ClN2O5S/c1-10(19(24)25)16-14-8-5-12(20)9-15(14)21-17(16)18(23)11-3-6-13(7-4-11)22-28(2,26)27/h3-10,21-22H,1-2H3,(H,24,25)/p-1. The van der Waals surface area contributed by atoms with Crippen LogP contribution in [-0.2, 0) is 14.8 Å². The summed E-state index contributed by atoms with van der Waals surface area (Å²) in [5.74, 6) is -2.76. The van der Waals surface area contributed by atoms with Crippen molar-refractivity contribution in [2.75, 3.05) is 11.0 Å². The topological polar surface area (TPSA) is 119 Å². The predicted octanol–water partition coefficient (Wildman–Crippen LogP) is 2.28. The first-order chi connectivity index (χ1) is 13.1. The second-order valence-electron chi connectivity index (χ2n) is 6.43. The number of carbonyl (C=O) groups is 2. The van der Waals surface area contributed by atoms with Gasteiger partial charge in [0.05, 0.1) is 11.9 Å². The number of anilines is 1. The van der Waals surface area contributed by atoms with Crippen LogP contribution < -0.4 is 9.83 Å². The van der Waals surface area contributed by atoms with E-state index >= 15 is 0 Å². The second kappa shape index (κ2) is 7.29. The fraction of sp³-hybridized carbons (Fsp3) is 0.158. The molecule has 146 valence electrons. The number of hydrogen-bond donors (Lipinski definition) is 2. The van der Waals surface area contributed by atoms with Crippen molar-refractivity contribution in [2.45, 2.75) is 12.8 Å². The number of rotatable bonds is 6. The molecular weight excluding hydrogens is 404 g/mol. The maximum atomic E-state index is 13.0. The van der Waals surface area contributed by atoms with Crippen molar-refractivity contribution in [3.05, 3.63) is 64.3 Å². The van der Waals surface area contributed by atoms with Gasteiger partial charge in [0.25, 0.3) is 0 Å². The number of fused-ring (bicyclic) bond motifs is 1. The van der Waals surface area contributed by atoms with E-state index in [1.165, 1.54) is 31.2 Å². The van der Waals surface area contributed by atoms with Gasteiger partial charge < -0.3 is 14.9 Å². The molecule has 1 unspecified atom stereocenters. The van der Waals surface area contributed by atoms with Crippen LogP contribution >= 0.6 is 11.6 Å². The Balaban J connectivity index is 2.08. The minimum absolute atomic E-state index is 0.123. The van der Waals surface area contributed by atoms with E-state index in [1.807, 2.05) is 0 Å². The number of benzene rings is 2. The molecule has 0 aliphatic rings. The van der Waals surface area contributed by atoms with Crippen molar-refractivity contribution >= 4 is 50.0 Å². The predicted molar refractivity (Wildman–Crippen MR) is 105 cm³/mol. The Morgan fingerprint density at radius 1 is 1.14 bits per heavy atom. The maximum absolute atomic E-state index is 13.0. The minimum atomic E-state index is -3.44. The van der Waals surface area contributed by atoms with Crippen LogP contribution in [0.25, 0.3) is 10.9 Å². The van der Waals surface area contributed by atoms with E-state index in [0.717, 1.165) is 6.26 Å². The molecule has 0 saturated carbocycles. The highest BCUT2D eigenvalue weighted by Gasteiger charge is 2.24. The average molecular weight is 420 g/mol. The molecule has 1 atom stereocenters. The Kier molecular flexibility index (Phi) is 5.18. The van der Waals surface area contributed by atoms with Gasteiger partial charge in [0, 0.05) is 39.1 Å². The van der Waals surface area contributed by atoms with Gasteiger partial charge in [-0.2, -0.15) is 0 Å². The highest BCUT2D eigenvalue weighted by molar-refractivity contribution is 7.92. The number of ketones is 1. The molecule has 0 spiro atoms. The van der Waals surface area contributed by atoms with Crippen LogP contribution in [0, 0.1) is 0 Å². The minimum Gasteiger partial charge on any atom is -0.550 e. The number of carboxylic acids is 1. The van der Waals surface area contributed by atoms with Crippen molar-refractivity contribution in [3.8, 4) is 0 Å². The number of sulfonamides is 1. The van der Waals surface area contributed by atoms with Crippen LogP contribution in [0.15, 0.2) is 42.5 Å². The van der Waals surface area contributed by atoms with Crippen LogP contribution in [-0.4, -0.2) is 31.4 Å². The van der Waals surface area contributed by atoms with Crippen molar-refractivity contribution in [1.29, 1.82) is 0 Å².